The molecule has 0 aromatic heterocycles. The molecule has 1 saturated heterocycles. The Hall–Kier alpha value is -2.35. The molecule has 0 spiro atoms. The molecule has 23 heavy (non-hydrogen) atoms. The van der Waals surface area contributed by atoms with E-state index in [9.17, 15) is 14.9 Å². The zero-order valence-electron chi connectivity index (χ0n) is 13.4. The first kappa shape index (κ1) is 17.0. The van der Waals surface area contributed by atoms with Crippen LogP contribution in [-0.2, 0) is 4.79 Å². The minimum atomic E-state index is -0.530. The normalized spacial score (nSPS) is 20.9. The molecule has 2 unspecified atom stereocenters. The first-order valence-electron chi connectivity index (χ1n) is 7.42. The Morgan fingerprint density at radius 2 is 2.22 bits per heavy atom. The Morgan fingerprint density at radius 3 is 2.87 bits per heavy atom. The first-order valence-corrected chi connectivity index (χ1v) is 7.42. The lowest BCUT2D eigenvalue weighted by Gasteiger charge is -2.38. The van der Waals surface area contributed by atoms with E-state index in [2.05, 4.69) is 5.32 Å². The fourth-order valence-corrected chi connectivity index (χ4v) is 2.54. The van der Waals surface area contributed by atoms with Gasteiger partial charge in [-0.2, -0.15) is 0 Å². The van der Waals surface area contributed by atoms with E-state index in [0.29, 0.717) is 12.3 Å². The van der Waals surface area contributed by atoms with Crippen LogP contribution in [0.25, 0.3) is 0 Å². The number of nitrogens with zero attached hydrogens (tertiary/aromatic N) is 2. The van der Waals surface area contributed by atoms with Gasteiger partial charge in [0.05, 0.1) is 12.0 Å². The summed E-state index contributed by atoms with van der Waals surface area (Å²) in [6, 6.07) is 4.49. The maximum atomic E-state index is 12.3. The van der Waals surface area contributed by atoms with Gasteiger partial charge in [-0.25, -0.2) is 0 Å². The highest BCUT2D eigenvalue weighted by atomic mass is 16.6. The van der Waals surface area contributed by atoms with Crippen molar-refractivity contribution in [1.82, 2.24) is 10.2 Å². The molecule has 1 aromatic rings. The number of rotatable bonds is 5. The third kappa shape index (κ3) is 3.89. The van der Waals surface area contributed by atoms with Crippen molar-refractivity contribution in [3.05, 3.63) is 28.3 Å². The number of carbonyl (C=O) groups is 1. The molecular formula is C15H21N3O5. The maximum Gasteiger partial charge on any atom is 0.311 e. The van der Waals surface area contributed by atoms with Gasteiger partial charge in [0.15, 0.2) is 6.61 Å². The van der Waals surface area contributed by atoms with Crippen LogP contribution in [0.5, 0.6) is 11.5 Å². The van der Waals surface area contributed by atoms with Gasteiger partial charge in [-0.05, 0) is 19.9 Å². The molecule has 2 atom stereocenters. The Balaban J connectivity index is 2.00. The van der Waals surface area contributed by atoms with Gasteiger partial charge in [-0.3, -0.25) is 14.9 Å². The lowest BCUT2D eigenvalue weighted by molar-refractivity contribution is -0.385. The summed E-state index contributed by atoms with van der Waals surface area (Å²) in [7, 11) is 1.35. The Bertz CT molecular complexity index is 592. The molecule has 1 N–H and O–H groups in total. The monoisotopic (exact) mass is 323 g/mol. The SMILES string of the molecule is COc1cc(OCC(=O)N2CCNC(C)C2C)ccc1[N+](=O)[O-]. The molecule has 126 valence electrons. The molecule has 1 aliphatic heterocycles. The average Bonchev–Trinajstić information content (AvgIpc) is 2.54. The van der Waals surface area contributed by atoms with Gasteiger partial charge >= 0.3 is 5.69 Å². The number of piperazine rings is 1. The van der Waals surface area contributed by atoms with Gasteiger partial charge in [0.2, 0.25) is 5.75 Å². The number of amides is 1. The summed E-state index contributed by atoms with van der Waals surface area (Å²) in [5.41, 5.74) is -0.143. The number of ether oxygens (including phenoxy) is 2. The van der Waals surface area contributed by atoms with Crippen LogP contribution in [0.1, 0.15) is 13.8 Å². The van der Waals surface area contributed by atoms with Crippen LogP contribution in [0.4, 0.5) is 5.69 Å². The number of carbonyl (C=O) groups excluding carboxylic acids is 1. The summed E-state index contributed by atoms with van der Waals surface area (Å²) in [6.45, 7) is 5.30. The van der Waals surface area contributed by atoms with Gasteiger partial charge in [-0.15, -0.1) is 0 Å². The third-order valence-corrected chi connectivity index (χ3v) is 4.06. The van der Waals surface area contributed by atoms with Crippen molar-refractivity contribution in [3.63, 3.8) is 0 Å². The third-order valence-electron chi connectivity index (χ3n) is 4.06. The topological polar surface area (TPSA) is 93.9 Å². The van der Waals surface area contributed by atoms with Crippen LogP contribution in [0.2, 0.25) is 0 Å². The van der Waals surface area contributed by atoms with E-state index in [0.717, 1.165) is 6.54 Å². The molecular weight excluding hydrogens is 302 g/mol. The predicted octanol–water partition coefficient (Wildman–Crippen LogP) is 1.19. The second kappa shape index (κ2) is 7.28. The van der Waals surface area contributed by atoms with Crippen molar-refractivity contribution in [2.45, 2.75) is 25.9 Å². The summed E-state index contributed by atoms with van der Waals surface area (Å²) >= 11 is 0. The van der Waals surface area contributed by atoms with Crippen molar-refractivity contribution >= 4 is 11.6 Å². The Morgan fingerprint density at radius 1 is 1.48 bits per heavy atom. The van der Waals surface area contributed by atoms with Gasteiger partial charge in [-0.1, -0.05) is 0 Å². The summed E-state index contributed by atoms with van der Waals surface area (Å²) in [4.78, 5) is 24.4. The van der Waals surface area contributed by atoms with Crippen molar-refractivity contribution in [2.75, 3.05) is 26.8 Å². The van der Waals surface area contributed by atoms with Gasteiger partial charge in [0.1, 0.15) is 5.75 Å². The molecule has 8 heteroatoms. The number of methoxy groups -OCH3 is 1. The Kier molecular flexibility index (Phi) is 5.38. The minimum Gasteiger partial charge on any atom is -0.490 e. The van der Waals surface area contributed by atoms with E-state index in [1.165, 1.54) is 25.3 Å². The van der Waals surface area contributed by atoms with Crippen LogP contribution in [0.15, 0.2) is 18.2 Å². The van der Waals surface area contributed by atoms with Crippen molar-refractivity contribution < 1.29 is 19.2 Å². The molecule has 1 aromatic carbocycles. The highest BCUT2D eigenvalue weighted by molar-refractivity contribution is 5.78. The molecule has 0 radical (unpaired) electrons. The fourth-order valence-electron chi connectivity index (χ4n) is 2.54. The number of hydrogen-bond acceptors (Lipinski definition) is 6. The van der Waals surface area contributed by atoms with E-state index in [-0.39, 0.29) is 36.0 Å². The summed E-state index contributed by atoms with van der Waals surface area (Å²) in [6.07, 6.45) is 0. The predicted molar refractivity (Wildman–Crippen MR) is 83.8 cm³/mol. The van der Waals surface area contributed by atoms with Crippen LogP contribution >= 0.6 is 0 Å². The van der Waals surface area contributed by atoms with E-state index in [4.69, 9.17) is 9.47 Å². The second-order valence-corrected chi connectivity index (χ2v) is 5.45. The summed E-state index contributed by atoms with van der Waals surface area (Å²) < 4.78 is 10.4. The van der Waals surface area contributed by atoms with E-state index < -0.39 is 4.92 Å². The van der Waals surface area contributed by atoms with Crippen molar-refractivity contribution in [1.29, 1.82) is 0 Å². The molecule has 0 saturated carbocycles. The fraction of sp³-hybridized carbons (Fsp3) is 0.533. The van der Waals surface area contributed by atoms with Crippen molar-refractivity contribution in [2.24, 2.45) is 0 Å². The highest BCUT2D eigenvalue weighted by Crippen LogP contribution is 2.30. The summed E-state index contributed by atoms with van der Waals surface area (Å²) in [5.74, 6) is 0.351. The second-order valence-electron chi connectivity index (χ2n) is 5.45. The largest absolute Gasteiger partial charge is 0.490 e. The number of nitro groups is 1. The molecule has 0 bridgehead atoms. The standard InChI is InChI=1S/C15H21N3O5/c1-10-11(2)17(7-6-16-10)15(19)9-23-12-4-5-13(18(20)21)14(8-12)22-3/h4-5,8,10-11,16H,6-7,9H2,1-3H3. The van der Waals surface area contributed by atoms with Crippen LogP contribution in [0, 0.1) is 10.1 Å². The maximum absolute atomic E-state index is 12.3. The zero-order valence-corrected chi connectivity index (χ0v) is 13.4. The molecule has 1 fully saturated rings. The molecule has 0 aliphatic carbocycles. The molecule has 1 heterocycles. The number of nitro benzene ring substituents is 1. The highest BCUT2D eigenvalue weighted by Gasteiger charge is 2.28. The molecule has 2 rings (SSSR count). The molecule has 8 nitrogen and oxygen atoms in total. The molecule has 1 amide bonds. The van der Waals surface area contributed by atoms with Crippen LogP contribution in [0.3, 0.4) is 0 Å². The number of benzene rings is 1. The van der Waals surface area contributed by atoms with Gasteiger partial charge in [0, 0.05) is 37.3 Å². The van der Waals surface area contributed by atoms with Gasteiger partial charge < -0.3 is 19.7 Å². The van der Waals surface area contributed by atoms with Crippen molar-refractivity contribution in [3.8, 4) is 11.5 Å². The van der Waals surface area contributed by atoms with Crippen LogP contribution in [-0.4, -0.2) is 54.6 Å². The average molecular weight is 323 g/mol. The quantitative estimate of drug-likeness (QED) is 0.646. The first-order chi connectivity index (χ1) is 10.9. The smallest absolute Gasteiger partial charge is 0.311 e. The molecule has 1 aliphatic rings. The van der Waals surface area contributed by atoms with Gasteiger partial charge in [0.25, 0.3) is 5.91 Å². The lowest BCUT2D eigenvalue weighted by atomic mass is 10.1. The van der Waals surface area contributed by atoms with E-state index in [1.807, 2.05) is 13.8 Å². The van der Waals surface area contributed by atoms with Crippen LogP contribution < -0.4 is 14.8 Å². The van der Waals surface area contributed by atoms with E-state index >= 15 is 0 Å². The minimum absolute atomic E-state index is 0.0891. The lowest BCUT2D eigenvalue weighted by Crippen LogP contribution is -2.58. The zero-order chi connectivity index (χ0) is 17.0. The number of nitrogens with one attached hydrogen (secondary N) is 1. The van der Waals surface area contributed by atoms with E-state index in [1.54, 1.807) is 4.90 Å². The summed E-state index contributed by atoms with van der Waals surface area (Å²) in [5, 5.41) is 14.2. The Labute approximate surface area is 134 Å². The number of hydrogen-bond donors (Lipinski definition) is 1.